The van der Waals surface area contributed by atoms with Crippen LogP contribution in [-0.4, -0.2) is 59.3 Å². The van der Waals surface area contributed by atoms with Crippen molar-refractivity contribution in [3.63, 3.8) is 0 Å². The van der Waals surface area contributed by atoms with Gasteiger partial charge in [0, 0.05) is 30.7 Å². The van der Waals surface area contributed by atoms with Gasteiger partial charge in [-0.15, -0.1) is 0 Å². The molecule has 0 atom stereocenters. The molecule has 0 aliphatic heterocycles. The highest BCUT2D eigenvalue weighted by Gasteiger charge is 2.21. The third-order valence-electron chi connectivity index (χ3n) is 5.27. The van der Waals surface area contributed by atoms with Gasteiger partial charge in [-0.3, -0.25) is 4.79 Å². The van der Waals surface area contributed by atoms with Gasteiger partial charge in [-0.1, -0.05) is 6.07 Å². The lowest BCUT2D eigenvalue weighted by Crippen LogP contribution is -2.20. The minimum absolute atomic E-state index is 0.000245. The van der Waals surface area contributed by atoms with Gasteiger partial charge >= 0.3 is 0 Å². The monoisotopic (exact) mass is 425 g/mol. The first kappa shape index (κ1) is 21.3. The van der Waals surface area contributed by atoms with E-state index in [1.165, 1.54) is 6.07 Å². The third kappa shape index (κ3) is 4.00. The molecule has 31 heavy (non-hydrogen) atoms. The van der Waals surface area contributed by atoms with E-state index in [0.29, 0.717) is 56.0 Å². The molecule has 6 N–H and O–H groups in total. The van der Waals surface area contributed by atoms with Crippen LogP contribution in [0.3, 0.4) is 0 Å². The molecule has 9 nitrogen and oxygen atoms in total. The maximum absolute atomic E-state index is 13.4. The van der Waals surface area contributed by atoms with Crippen molar-refractivity contribution in [3.8, 4) is 5.75 Å². The van der Waals surface area contributed by atoms with Gasteiger partial charge in [-0.2, -0.15) is 5.10 Å². The summed E-state index contributed by atoms with van der Waals surface area (Å²) in [7, 11) is 0. The maximum Gasteiger partial charge on any atom is 0.203 e. The molecule has 0 amide bonds. The number of anilines is 1. The molecule has 9 heteroatoms. The lowest BCUT2D eigenvalue weighted by molar-refractivity contribution is 0.0937. The molecule has 0 radical (unpaired) electrons. The number of nitrogens with zero attached hydrogens (tertiary/aromatic N) is 2. The normalized spacial score (nSPS) is 11.8. The van der Waals surface area contributed by atoms with Gasteiger partial charge in [0.2, 0.25) is 5.43 Å². The fourth-order valence-corrected chi connectivity index (χ4v) is 3.86. The molecule has 0 bridgehead atoms. The molecule has 0 aliphatic rings. The van der Waals surface area contributed by atoms with Crippen molar-refractivity contribution in [2.24, 2.45) is 5.73 Å². The third-order valence-corrected chi connectivity index (χ3v) is 5.27. The average molecular weight is 425 g/mol. The van der Waals surface area contributed by atoms with Crippen LogP contribution in [0.15, 0.2) is 35.1 Å². The first-order chi connectivity index (χ1) is 15.2. The second kappa shape index (κ2) is 9.44. The molecule has 0 spiro atoms. The SMILES string of the molecule is NCCCNc1ccc2c(CNCCOCCO)nn3c4cccc(O)c4c(=O)c1c23. The number of fused-ring (bicyclic) bond motifs is 2. The van der Waals surface area contributed by atoms with Crippen LogP contribution in [0.1, 0.15) is 12.1 Å². The number of rotatable bonds is 11. The van der Waals surface area contributed by atoms with Crippen LogP contribution in [0.25, 0.3) is 27.2 Å². The van der Waals surface area contributed by atoms with Crippen LogP contribution in [0.4, 0.5) is 5.69 Å². The smallest absolute Gasteiger partial charge is 0.203 e. The van der Waals surface area contributed by atoms with Gasteiger partial charge in [-0.05, 0) is 37.2 Å². The fourth-order valence-electron chi connectivity index (χ4n) is 3.86. The average Bonchev–Trinajstić information content (AvgIpc) is 3.14. The summed E-state index contributed by atoms with van der Waals surface area (Å²) >= 11 is 0. The molecule has 0 unspecified atom stereocenters. The Labute approximate surface area is 178 Å². The van der Waals surface area contributed by atoms with Crippen molar-refractivity contribution in [2.45, 2.75) is 13.0 Å². The number of hydrogen-bond donors (Lipinski definition) is 5. The molecule has 2 heterocycles. The van der Waals surface area contributed by atoms with E-state index in [2.05, 4.69) is 10.6 Å². The van der Waals surface area contributed by atoms with Crippen molar-refractivity contribution in [3.05, 3.63) is 46.2 Å². The molecule has 0 saturated carbocycles. The molecule has 4 aromatic rings. The summed E-state index contributed by atoms with van der Waals surface area (Å²) < 4.78 is 7.02. The number of aromatic nitrogens is 2. The van der Waals surface area contributed by atoms with Crippen LogP contribution in [0.5, 0.6) is 5.75 Å². The summed E-state index contributed by atoms with van der Waals surface area (Å²) in [5.74, 6) is -0.0609. The maximum atomic E-state index is 13.4. The lowest BCUT2D eigenvalue weighted by Gasteiger charge is -2.11. The zero-order chi connectivity index (χ0) is 21.8. The number of pyridine rings is 1. The van der Waals surface area contributed by atoms with E-state index in [0.717, 1.165) is 23.0 Å². The predicted octanol–water partition coefficient (Wildman–Crippen LogP) is 1.00. The number of phenolic OH excluding ortho intramolecular Hbond substituents is 1. The van der Waals surface area contributed by atoms with Gasteiger partial charge in [-0.25, -0.2) is 4.52 Å². The zero-order valence-electron chi connectivity index (χ0n) is 17.2. The summed E-state index contributed by atoms with van der Waals surface area (Å²) in [6, 6.07) is 8.86. The molecule has 4 rings (SSSR count). The standard InChI is InChI=1S/C22H27N5O4/c23-7-2-8-25-15-6-5-14-16(13-24-9-11-31-12-10-28)26-27-17-3-1-4-18(29)20(17)22(30)19(15)21(14)27/h1,3-6,24-25,28-29H,2,7-13,23H2. The Kier molecular flexibility index (Phi) is 6.47. The zero-order valence-corrected chi connectivity index (χ0v) is 17.2. The van der Waals surface area contributed by atoms with Crippen LogP contribution in [-0.2, 0) is 11.3 Å². The van der Waals surface area contributed by atoms with E-state index < -0.39 is 0 Å². The van der Waals surface area contributed by atoms with E-state index in [-0.39, 0.29) is 23.2 Å². The first-order valence-electron chi connectivity index (χ1n) is 10.4. The molecule has 0 fully saturated rings. The molecular weight excluding hydrogens is 398 g/mol. The Balaban J connectivity index is 1.81. The summed E-state index contributed by atoms with van der Waals surface area (Å²) in [6.45, 7) is 3.09. The number of aromatic hydroxyl groups is 1. The summed E-state index contributed by atoms with van der Waals surface area (Å²) in [5.41, 5.74) is 8.19. The predicted molar refractivity (Wildman–Crippen MR) is 121 cm³/mol. The molecule has 0 aliphatic carbocycles. The first-order valence-corrected chi connectivity index (χ1v) is 10.4. The number of nitrogens with one attached hydrogen (secondary N) is 2. The van der Waals surface area contributed by atoms with E-state index in [1.807, 2.05) is 12.1 Å². The summed E-state index contributed by atoms with van der Waals surface area (Å²) in [4.78, 5) is 13.4. The minimum atomic E-state index is -0.224. The number of aliphatic hydroxyl groups is 1. The number of benzene rings is 2. The Bertz CT molecular complexity index is 1240. The number of phenols is 1. The highest BCUT2D eigenvalue weighted by Crippen LogP contribution is 2.33. The van der Waals surface area contributed by atoms with E-state index >= 15 is 0 Å². The second-order valence-corrected chi connectivity index (χ2v) is 7.32. The molecule has 164 valence electrons. The Morgan fingerprint density at radius 1 is 1.13 bits per heavy atom. The van der Waals surface area contributed by atoms with E-state index in [4.69, 9.17) is 20.7 Å². The van der Waals surface area contributed by atoms with Crippen molar-refractivity contribution in [1.82, 2.24) is 14.9 Å². The van der Waals surface area contributed by atoms with Crippen molar-refractivity contribution < 1.29 is 14.9 Å². The van der Waals surface area contributed by atoms with Crippen molar-refractivity contribution in [2.75, 3.05) is 44.8 Å². The van der Waals surface area contributed by atoms with E-state index in [9.17, 15) is 9.90 Å². The number of nitrogens with two attached hydrogens (primary N) is 1. The van der Waals surface area contributed by atoms with Crippen LogP contribution >= 0.6 is 0 Å². The van der Waals surface area contributed by atoms with Gasteiger partial charge in [0.25, 0.3) is 0 Å². The molecule has 2 aromatic carbocycles. The van der Waals surface area contributed by atoms with Gasteiger partial charge < -0.3 is 31.3 Å². The topological polar surface area (TPSA) is 134 Å². The van der Waals surface area contributed by atoms with Crippen molar-refractivity contribution in [1.29, 1.82) is 0 Å². The van der Waals surface area contributed by atoms with Gasteiger partial charge in [0.15, 0.2) is 0 Å². The number of hydrogen-bond acceptors (Lipinski definition) is 8. The number of ether oxygens (including phenoxy) is 1. The second-order valence-electron chi connectivity index (χ2n) is 7.32. The minimum Gasteiger partial charge on any atom is -0.507 e. The van der Waals surface area contributed by atoms with Gasteiger partial charge in [0.1, 0.15) is 5.75 Å². The Morgan fingerprint density at radius 2 is 2.00 bits per heavy atom. The Morgan fingerprint density at radius 3 is 2.81 bits per heavy atom. The van der Waals surface area contributed by atoms with Gasteiger partial charge in [0.05, 0.1) is 47.3 Å². The molecule has 2 aromatic heterocycles. The Hall–Kier alpha value is -2.98. The molecular formula is C22H27N5O4. The quantitative estimate of drug-likeness (QED) is 0.178. The molecule has 0 saturated heterocycles. The largest absolute Gasteiger partial charge is 0.507 e. The highest BCUT2D eigenvalue weighted by atomic mass is 16.5. The fraction of sp³-hybridized carbons (Fsp3) is 0.364. The van der Waals surface area contributed by atoms with E-state index in [1.54, 1.807) is 16.6 Å². The lowest BCUT2D eigenvalue weighted by atomic mass is 10.0. The van der Waals surface area contributed by atoms with Crippen LogP contribution in [0.2, 0.25) is 0 Å². The highest BCUT2D eigenvalue weighted by molar-refractivity contribution is 6.09. The van der Waals surface area contributed by atoms with Crippen LogP contribution in [0, 0.1) is 0 Å². The number of aliphatic hydroxyl groups excluding tert-OH is 1. The summed E-state index contributed by atoms with van der Waals surface area (Å²) in [5, 5.41) is 32.2. The van der Waals surface area contributed by atoms with Crippen LogP contribution < -0.4 is 21.8 Å². The van der Waals surface area contributed by atoms with Crippen molar-refractivity contribution >= 4 is 32.9 Å². The summed E-state index contributed by atoms with van der Waals surface area (Å²) in [6.07, 6.45) is 0.778.